The number of esters is 1. The average molecular weight is 319 g/mol. The predicted molar refractivity (Wildman–Crippen MR) is 80.4 cm³/mol. The molecule has 0 amide bonds. The Hall–Kier alpha value is -1.61. The molecule has 0 spiro atoms. The van der Waals surface area contributed by atoms with E-state index in [-0.39, 0.29) is 5.97 Å². The van der Waals surface area contributed by atoms with Gasteiger partial charge in [-0.15, -0.1) is 0 Å². The monoisotopic (exact) mass is 318 g/mol. The Morgan fingerprint density at radius 3 is 2.42 bits per heavy atom. The number of hydrogen-bond donors (Lipinski definition) is 0. The van der Waals surface area contributed by atoms with E-state index >= 15 is 0 Å². The number of ether oxygens (including phenoxy) is 1. The third-order valence-electron chi connectivity index (χ3n) is 3.20. The number of rotatable bonds is 2. The zero-order valence-corrected chi connectivity index (χ0v) is 12.7. The summed E-state index contributed by atoms with van der Waals surface area (Å²) in [5, 5.41) is 0. The largest absolute Gasteiger partial charge is 0.465 e. The van der Waals surface area contributed by atoms with Gasteiger partial charge in [0.2, 0.25) is 0 Å². The van der Waals surface area contributed by atoms with Crippen molar-refractivity contribution in [1.82, 2.24) is 0 Å². The van der Waals surface area contributed by atoms with Crippen LogP contribution in [0.15, 0.2) is 40.9 Å². The van der Waals surface area contributed by atoms with Crippen molar-refractivity contribution >= 4 is 21.9 Å². The number of halogens is 1. The Balaban J connectivity index is 2.62. The Morgan fingerprint density at radius 2 is 1.79 bits per heavy atom. The molecule has 0 aliphatic heterocycles. The van der Waals surface area contributed by atoms with Gasteiger partial charge in [-0.05, 0) is 54.3 Å². The first-order chi connectivity index (χ1) is 9.02. The molecule has 0 saturated carbocycles. The first kappa shape index (κ1) is 13.8. The highest BCUT2D eigenvalue weighted by molar-refractivity contribution is 9.10. The van der Waals surface area contributed by atoms with Crippen LogP contribution in [0.1, 0.15) is 21.5 Å². The fraction of sp³-hybridized carbons (Fsp3) is 0.188. The molecule has 0 fully saturated rings. The lowest BCUT2D eigenvalue weighted by atomic mass is 9.96. The number of carbonyl (C=O) groups excluding carboxylic acids is 1. The van der Waals surface area contributed by atoms with E-state index in [4.69, 9.17) is 4.74 Å². The first-order valence-electron chi connectivity index (χ1n) is 5.98. The Kier molecular flexibility index (Phi) is 4.05. The summed E-state index contributed by atoms with van der Waals surface area (Å²) in [6, 6.07) is 11.7. The number of methoxy groups -OCH3 is 1. The lowest BCUT2D eigenvalue weighted by Gasteiger charge is -2.10. The molecule has 0 aliphatic rings. The summed E-state index contributed by atoms with van der Waals surface area (Å²) in [5.74, 6) is -0.319. The molecule has 0 radical (unpaired) electrons. The molecule has 0 heterocycles. The highest BCUT2D eigenvalue weighted by atomic mass is 79.9. The van der Waals surface area contributed by atoms with E-state index in [2.05, 4.69) is 41.9 Å². The molecular weight excluding hydrogens is 304 g/mol. The van der Waals surface area contributed by atoms with Crippen molar-refractivity contribution in [2.45, 2.75) is 13.8 Å². The average Bonchev–Trinajstić information content (AvgIpc) is 2.41. The molecule has 0 saturated heterocycles. The van der Waals surface area contributed by atoms with Gasteiger partial charge in [0.05, 0.1) is 12.7 Å². The van der Waals surface area contributed by atoms with E-state index in [1.807, 2.05) is 18.2 Å². The molecule has 3 heteroatoms. The van der Waals surface area contributed by atoms with E-state index in [0.29, 0.717) is 5.56 Å². The molecule has 0 N–H and O–H groups in total. The molecular formula is C16H15BrO2. The molecule has 2 rings (SSSR count). The molecule has 2 aromatic rings. The van der Waals surface area contributed by atoms with Crippen LogP contribution in [-0.4, -0.2) is 13.1 Å². The van der Waals surface area contributed by atoms with Crippen LogP contribution in [0.2, 0.25) is 0 Å². The van der Waals surface area contributed by atoms with Crippen LogP contribution in [0.25, 0.3) is 11.1 Å². The van der Waals surface area contributed by atoms with Crippen LogP contribution < -0.4 is 0 Å². The molecule has 0 atom stereocenters. The van der Waals surface area contributed by atoms with E-state index in [1.165, 1.54) is 18.2 Å². The second kappa shape index (κ2) is 5.57. The maximum atomic E-state index is 11.8. The van der Waals surface area contributed by atoms with Gasteiger partial charge in [-0.25, -0.2) is 4.79 Å². The minimum atomic E-state index is -0.319. The summed E-state index contributed by atoms with van der Waals surface area (Å²) in [4.78, 5) is 11.8. The summed E-state index contributed by atoms with van der Waals surface area (Å²) in [6.07, 6.45) is 0. The summed E-state index contributed by atoms with van der Waals surface area (Å²) in [5.41, 5.74) is 4.91. The molecule has 2 aromatic carbocycles. The van der Waals surface area contributed by atoms with Crippen LogP contribution in [0.3, 0.4) is 0 Å². The smallest absolute Gasteiger partial charge is 0.338 e. The zero-order valence-electron chi connectivity index (χ0n) is 11.2. The molecule has 0 bridgehead atoms. The second-order valence-corrected chi connectivity index (χ2v) is 5.40. The summed E-state index contributed by atoms with van der Waals surface area (Å²) in [7, 11) is 1.40. The molecule has 0 aromatic heterocycles. The number of benzene rings is 2. The quantitative estimate of drug-likeness (QED) is 0.761. The van der Waals surface area contributed by atoms with Crippen LogP contribution >= 0.6 is 15.9 Å². The standard InChI is InChI=1S/C16H15BrO2/c1-10-4-5-12(8-11(10)2)15-9-13(17)6-7-14(15)16(18)19-3/h4-9H,1-3H3. The number of aryl methyl sites for hydroxylation is 2. The van der Waals surface area contributed by atoms with Gasteiger partial charge in [0.15, 0.2) is 0 Å². The minimum Gasteiger partial charge on any atom is -0.465 e. The lowest BCUT2D eigenvalue weighted by molar-refractivity contribution is 0.0601. The third-order valence-corrected chi connectivity index (χ3v) is 3.70. The van der Waals surface area contributed by atoms with Gasteiger partial charge in [-0.1, -0.05) is 34.1 Å². The number of hydrogen-bond acceptors (Lipinski definition) is 2. The highest BCUT2D eigenvalue weighted by Gasteiger charge is 2.14. The van der Waals surface area contributed by atoms with E-state index in [9.17, 15) is 4.79 Å². The van der Waals surface area contributed by atoms with E-state index in [1.54, 1.807) is 6.07 Å². The Bertz CT molecular complexity index is 633. The fourth-order valence-electron chi connectivity index (χ4n) is 1.95. The van der Waals surface area contributed by atoms with Crippen molar-refractivity contribution in [2.24, 2.45) is 0 Å². The third kappa shape index (κ3) is 2.87. The van der Waals surface area contributed by atoms with Crippen molar-refractivity contribution in [3.63, 3.8) is 0 Å². The van der Waals surface area contributed by atoms with Gasteiger partial charge in [0, 0.05) is 4.47 Å². The van der Waals surface area contributed by atoms with Gasteiger partial charge in [-0.2, -0.15) is 0 Å². The molecule has 98 valence electrons. The zero-order chi connectivity index (χ0) is 14.0. The van der Waals surface area contributed by atoms with Crippen LogP contribution in [0.5, 0.6) is 0 Å². The maximum absolute atomic E-state index is 11.8. The van der Waals surface area contributed by atoms with Gasteiger partial charge < -0.3 is 4.74 Å². The topological polar surface area (TPSA) is 26.3 Å². The maximum Gasteiger partial charge on any atom is 0.338 e. The minimum absolute atomic E-state index is 0.319. The first-order valence-corrected chi connectivity index (χ1v) is 6.77. The predicted octanol–water partition coefficient (Wildman–Crippen LogP) is 4.52. The van der Waals surface area contributed by atoms with Crippen molar-refractivity contribution in [3.05, 3.63) is 57.6 Å². The molecule has 2 nitrogen and oxygen atoms in total. The van der Waals surface area contributed by atoms with Crippen molar-refractivity contribution in [3.8, 4) is 11.1 Å². The Morgan fingerprint density at radius 1 is 1.05 bits per heavy atom. The fourth-order valence-corrected chi connectivity index (χ4v) is 2.31. The van der Waals surface area contributed by atoms with Gasteiger partial charge in [0.1, 0.15) is 0 Å². The highest BCUT2D eigenvalue weighted by Crippen LogP contribution is 2.29. The SMILES string of the molecule is COC(=O)c1ccc(Br)cc1-c1ccc(C)c(C)c1. The van der Waals surface area contributed by atoms with Crippen LogP contribution in [-0.2, 0) is 4.74 Å². The Labute approximate surface area is 121 Å². The van der Waals surface area contributed by atoms with Gasteiger partial charge in [-0.3, -0.25) is 0 Å². The van der Waals surface area contributed by atoms with Crippen molar-refractivity contribution in [2.75, 3.05) is 7.11 Å². The summed E-state index contributed by atoms with van der Waals surface area (Å²) >= 11 is 3.45. The van der Waals surface area contributed by atoms with Crippen LogP contribution in [0.4, 0.5) is 0 Å². The number of carbonyl (C=O) groups is 1. The van der Waals surface area contributed by atoms with Gasteiger partial charge in [0.25, 0.3) is 0 Å². The lowest BCUT2D eigenvalue weighted by Crippen LogP contribution is -2.03. The summed E-state index contributed by atoms with van der Waals surface area (Å²) in [6.45, 7) is 4.13. The van der Waals surface area contributed by atoms with E-state index in [0.717, 1.165) is 15.6 Å². The van der Waals surface area contributed by atoms with Crippen LogP contribution in [0, 0.1) is 13.8 Å². The normalized spacial score (nSPS) is 10.3. The van der Waals surface area contributed by atoms with Gasteiger partial charge >= 0.3 is 5.97 Å². The molecule has 19 heavy (non-hydrogen) atoms. The van der Waals surface area contributed by atoms with E-state index < -0.39 is 0 Å². The second-order valence-electron chi connectivity index (χ2n) is 4.48. The summed E-state index contributed by atoms with van der Waals surface area (Å²) < 4.78 is 5.78. The molecule has 0 unspecified atom stereocenters. The van der Waals surface area contributed by atoms with Crippen molar-refractivity contribution in [1.29, 1.82) is 0 Å². The van der Waals surface area contributed by atoms with Crippen molar-refractivity contribution < 1.29 is 9.53 Å². The molecule has 0 aliphatic carbocycles.